The van der Waals surface area contributed by atoms with Gasteiger partial charge in [0.2, 0.25) is 5.91 Å². The molecule has 172 valence electrons. The molecule has 3 heterocycles. The number of halogens is 1. The second kappa shape index (κ2) is 8.56. The van der Waals surface area contributed by atoms with Crippen molar-refractivity contribution in [1.29, 1.82) is 0 Å². The van der Waals surface area contributed by atoms with Crippen molar-refractivity contribution in [2.24, 2.45) is 11.8 Å². The molecule has 3 unspecified atom stereocenters. The maximum Gasteiger partial charge on any atom is 0.228 e. The minimum Gasteiger partial charge on any atom is -0.389 e. The molecule has 3 aliphatic rings. The molecule has 0 bridgehead atoms. The number of piperidine rings is 1. The lowest BCUT2D eigenvalue weighted by molar-refractivity contribution is -0.119. The number of pyridine rings is 1. The summed E-state index contributed by atoms with van der Waals surface area (Å²) in [6, 6.07) is 6.10. The number of likely N-dealkylation sites (tertiary alicyclic amines) is 1. The SMILES string of the molecule is CC(C(=O)Nc1cc2cc(C3CCN(C4(C)COCC4O)CC3)c(Cl)cc2cn1)C1CC1. The smallest absolute Gasteiger partial charge is 0.228 e. The van der Waals surface area contributed by atoms with Crippen molar-refractivity contribution in [3.8, 4) is 0 Å². The van der Waals surface area contributed by atoms with Crippen LogP contribution in [-0.4, -0.2) is 58.8 Å². The van der Waals surface area contributed by atoms with Gasteiger partial charge in [0, 0.05) is 22.5 Å². The van der Waals surface area contributed by atoms with Gasteiger partial charge in [0.05, 0.1) is 24.9 Å². The molecular formula is C25H32ClN3O3. The molecule has 2 saturated heterocycles. The number of benzene rings is 1. The van der Waals surface area contributed by atoms with Crippen molar-refractivity contribution in [3.63, 3.8) is 0 Å². The van der Waals surface area contributed by atoms with Gasteiger partial charge in [-0.05, 0) is 86.7 Å². The molecule has 0 spiro atoms. The average molecular weight is 458 g/mol. The summed E-state index contributed by atoms with van der Waals surface area (Å²) in [4.78, 5) is 19.3. The Bertz CT molecular complexity index is 1020. The molecule has 2 N–H and O–H groups in total. The van der Waals surface area contributed by atoms with Gasteiger partial charge in [0.1, 0.15) is 5.82 Å². The van der Waals surface area contributed by atoms with Crippen molar-refractivity contribution in [3.05, 3.63) is 35.0 Å². The largest absolute Gasteiger partial charge is 0.389 e. The minimum absolute atomic E-state index is 0.0316. The summed E-state index contributed by atoms with van der Waals surface area (Å²) >= 11 is 6.69. The molecule has 1 aromatic carbocycles. The summed E-state index contributed by atoms with van der Waals surface area (Å²) < 4.78 is 5.53. The van der Waals surface area contributed by atoms with Crippen LogP contribution in [-0.2, 0) is 9.53 Å². The number of rotatable bonds is 5. The summed E-state index contributed by atoms with van der Waals surface area (Å²) in [5, 5.41) is 16.2. The maximum atomic E-state index is 12.5. The number of anilines is 1. The predicted octanol–water partition coefficient (Wildman–Crippen LogP) is 4.20. The number of aromatic nitrogens is 1. The fourth-order valence-corrected chi connectivity index (χ4v) is 5.60. The zero-order valence-electron chi connectivity index (χ0n) is 18.8. The molecule has 6 nitrogen and oxygen atoms in total. The fraction of sp³-hybridized carbons (Fsp3) is 0.600. The number of hydrogen-bond donors (Lipinski definition) is 2. The van der Waals surface area contributed by atoms with Crippen molar-refractivity contribution in [2.45, 2.75) is 57.1 Å². The Morgan fingerprint density at radius 3 is 2.66 bits per heavy atom. The minimum atomic E-state index is -0.438. The van der Waals surface area contributed by atoms with Crippen LogP contribution in [0.1, 0.15) is 51.0 Å². The maximum absolute atomic E-state index is 12.5. The normalized spacial score (nSPS) is 28.2. The number of amides is 1. The molecule has 2 aromatic rings. The Morgan fingerprint density at radius 1 is 1.25 bits per heavy atom. The Kier molecular flexibility index (Phi) is 5.91. The zero-order valence-corrected chi connectivity index (χ0v) is 19.6. The average Bonchev–Trinajstić information content (AvgIpc) is 3.58. The van der Waals surface area contributed by atoms with Crippen molar-refractivity contribution in [2.75, 3.05) is 31.6 Å². The molecule has 7 heteroatoms. The first-order valence-corrected chi connectivity index (χ1v) is 12.1. The van der Waals surface area contributed by atoms with Crippen LogP contribution in [0.4, 0.5) is 5.82 Å². The van der Waals surface area contributed by atoms with E-state index >= 15 is 0 Å². The van der Waals surface area contributed by atoms with E-state index in [1.165, 1.54) is 0 Å². The molecule has 3 atom stereocenters. The highest BCUT2D eigenvalue weighted by molar-refractivity contribution is 6.32. The molecule has 0 radical (unpaired) electrons. The number of hydrogen-bond acceptors (Lipinski definition) is 5. The van der Waals surface area contributed by atoms with Gasteiger partial charge in [-0.1, -0.05) is 18.5 Å². The molecule has 3 fully saturated rings. The molecule has 1 aliphatic carbocycles. The monoisotopic (exact) mass is 457 g/mol. The summed E-state index contributed by atoms with van der Waals surface area (Å²) in [6.45, 7) is 6.91. The summed E-state index contributed by atoms with van der Waals surface area (Å²) in [6.07, 6.45) is 5.61. The number of nitrogens with one attached hydrogen (secondary N) is 1. The van der Waals surface area contributed by atoms with Crippen LogP contribution in [0.15, 0.2) is 24.4 Å². The number of nitrogens with zero attached hydrogens (tertiary/aromatic N) is 2. The van der Waals surface area contributed by atoms with Crippen molar-refractivity contribution < 1.29 is 14.6 Å². The fourth-order valence-electron chi connectivity index (χ4n) is 5.27. The first-order chi connectivity index (χ1) is 15.3. The third-order valence-electron chi connectivity index (χ3n) is 7.88. The van der Waals surface area contributed by atoms with Crippen LogP contribution >= 0.6 is 11.6 Å². The number of aliphatic hydroxyl groups is 1. The van der Waals surface area contributed by atoms with E-state index in [0.29, 0.717) is 30.9 Å². The summed E-state index contributed by atoms with van der Waals surface area (Å²) in [7, 11) is 0. The van der Waals surface area contributed by atoms with E-state index in [4.69, 9.17) is 16.3 Å². The number of ether oxygens (including phenoxy) is 1. The summed E-state index contributed by atoms with van der Waals surface area (Å²) in [5.74, 6) is 1.57. The van der Waals surface area contributed by atoms with Crippen molar-refractivity contribution >= 4 is 34.1 Å². The Labute approximate surface area is 194 Å². The number of carbonyl (C=O) groups is 1. The second-order valence-electron chi connectivity index (χ2n) is 10.1. The van der Waals surface area contributed by atoms with E-state index in [1.807, 2.05) is 19.1 Å². The first-order valence-electron chi connectivity index (χ1n) is 11.8. The van der Waals surface area contributed by atoms with Gasteiger partial charge in [-0.2, -0.15) is 0 Å². The lowest BCUT2D eigenvalue weighted by Crippen LogP contribution is -2.56. The molecule has 1 aromatic heterocycles. The van der Waals surface area contributed by atoms with Gasteiger partial charge in [-0.25, -0.2) is 4.98 Å². The molecular weight excluding hydrogens is 426 g/mol. The molecule has 5 rings (SSSR count). The Balaban J connectivity index is 1.31. The van der Waals surface area contributed by atoms with E-state index < -0.39 is 6.10 Å². The quantitative estimate of drug-likeness (QED) is 0.703. The van der Waals surface area contributed by atoms with E-state index in [0.717, 1.165) is 60.1 Å². The number of carbonyl (C=O) groups excluding carboxylic acids is 1. The van der Waals surface area contributed by atoms with Gasteiger partial charge >= 0.3 is 0 Å². The van der Waals surface area contributed by atoms with E-state index in [1.54, 1.807) is 6.20 Å². The first kappa shape index (κ1) is 22.1. The van der Waals surface area contributed by atoms with Crippen LogP contribution in [0.5, 0.6) is 0 Å². The molecule has 1 saturated carbocycles. The topological polar surface area (TPSA) is 74.7 Å². The Hall–Kier alpha value is -1.73. The third-order valence-corrected chi connectivity index (χ3v) is 8.20. The van der Waals surface area contributed by atoms with Crippen LogP contribution in [0, 0.1) is 11.8 Å². The van der Waals surface area contributed by atoms with Crippen LogP contribution in [0.25, 0.3) is 10.8 Å². The molecule has 2 aliphatic heterocycles. The Morgan fingerprint density at radius 2 is 2.00 bits per heavy atom. The van der Waals surface area contributed by atoms with Gasteiger partial charge in [0.25, 0.3) is 0 Å². The lowest BCUT2D eigenvalue weighted by Gasteiger charge is -2.43. The van der Waals surface area contributed by atoms with E-state index in [2.05, 4.69) is 28.2 Å². The van der Waals surface area contributed by atoms with Gasteiger partial charge < -0.3 is 15.2 Å². The highest BCUT2D eigenvalue weighted by Crippen LogP contribution is 2.39. The van der Waals surface area contributed by atoms with Gasteiger partial charge in [0.15, 0.2) is 0 Å². The highest BCUT2D eigenvalue weighted by atomic mass is 35.5. The van der Waals surface area contributed by atoms with Gasteiger partial charge in [-0.15, -0.1) is 0 Å². The van der Waals surface area contributed by atoms with Crippen LogP contribution < -0.4 is 5.32 Å². The lowest BCUT2D eigenvalue weighted by atomic mass is 9.85. The zero-order chi connectivity index (χ0) is 22.5. The van der Waals surface area contributed by atoms with Crippen LogP contribution in [0.3, 0.4) is 0 Å². The van der Waals surface area contributed by atoms with Crippen molar-refractivity contribution in [1.82, 2.24) is 9.88 Å². The predicted molar refractivity (Wildman–Crippen MR) is 126 cm³/mol. The standard InChI is InChI=1S/C25H32ClN3O3/c1-15(16-3-4-16)24(31)28-23-11-18-9-20(21(26)10-19(18)12-27-23)17-5-7-29(8-6-17)25(2)14-32-13-22(25)30/h9-12,15-17,22,30H,3-8,13-14H2,1-2H3,(H,27,28,31). The number of aliphatic hydroxyl groups excluding tert-OH is 1. The van der Waals surface area contributed by atoms with E-state index in [9.17, 15) is 9.90 Å². The van der Waals surface area contributed by atoms with E-state index in [-0.39, 0.29) is 17.4 Å². The third kappa shape index (κ3) is 4.14. The second-order valence-corrected chi connectivity index (χ2v) is 10.5. The van der Waals surface area contributed by atoms with Crippen LogP contribution in [0.2, 0.25) is 5.02 Å². The number of fused-ring (bicyclic) bond motifs is 1. The molecule has 1 amide bonds. The van der Waals surface area contributed by atoms with Gasteiger partial charge in [-0.3, -0.25) is 9.69 Å². The summed E-state index contributed by atoms with van der Waals surface area (Å²) in [5.41, 5.74) is 0.858. The highest BCUT2D eigenvalue weighted by Gasteiger charge is 2.45. The molecule has 32 heavy (non-hydrogen) atoms.